The smallest absolute Gasteiger partial charge is 0.226 e. The summed E-state index contributed by atoms with van der Waals surface area (Å²) < 4.78 is 18.5. The van der Waals surface area contributed by atoms with E-state index < -0.39 is 0 Å². The van der Waals surface area contributed by atoms with E-state index in [-0.39, 0.29) is 18.3 Å². The van der Waals surface area contributed by atoms with Crippen molar-refractivity contribution in [2.24, 2.45) is 0 Å². The molecule has 0 unspecified atom stereocenters. The molecule has 112 valence electrons. The predicted molar refractivity (Wildman–Crippen MR) is 74.8 cm³/mol. The third kappa shape index (κ3) is 4.37. The monoisotopic (exact) mass is 291 g/mol. The van der Waals surface area contributed by atoms with Crippen molar-refractivity contribution < 1.29 is 13.7 Å². The molecule has 6 heteroatoms. The third-order valence-electron chi connectivity index (χ3n) is 3.14. The van der Waals surface area contributed by atoms with Crippen LogP contribution >= 0.6 is 0 Å². The van der Waals surface area contributed by atoms with Gasteiger partial charge in [-0.25, -0.2) is 4.39 Å². The number of carbonyl (C=O) groups is 1. The Kier molecular flexibility index (Phi) is 5.03. The van der Waals surface area contributed by atoms with Crippen LogP contribution in [0.3, 0.4) is 0 Å². The first-order valence-electron chi connectivity index (χ1n) is 6.83. The molecule has 1 aromatic carbocycles. The average Bonchev–Trinajstić information content (AvgIpc) is 2.87. The van der Waals surface area contributed by atoms with Crippen molar-refractivity contribution in [1.82, 2.24) is 15.0 Å². The van der Waals surface area contributed by atoms with Gasteiger partial charge < -0.3 is 9.42 Å². The molecule has 0 spiro atoms. The van der Waals surface area contributed by atoms with Crippen LogP contribution in [-0.2, 0) is 17.8 Å². The first kappa shape index (κ1) is 15.2. The van der Waals surface area contributed by atoms with E-state index in [1.807, 2.05) is 0 Å². The van der Waals surface area contributed by atoms with Gasteiger partial charge in [-0.2, -0.15) is 4.98 Å². The minimum Gasteiger partial charge on any atom is -0.341 e. The first-order valence-corrected chi connectivity index (χ1v) is 6.83. The fourth-order valence-corrected chi connectivity index (χ4v) is 1.99. The lowest BCUT2D eigenvalue weighted by Gasteiger charge is -2.17. The molecule has 0 aliphatic heterocycles. The Morgan fingerprint density at radius 2 is 2.14 bits per heavy atom. The van der Waals surface area contributed by atoms with Crippen LogP contribution in [0.1, 0.15) is 30.1 Å². The summed E-state index contributed by atoms with van der Waals surface area (Å²) >= 11 is 0. The molecule has 2 rings (SSSR count). The Balaban J connectivity index is 1.79. The highest BCUT2D eigenvalue weighted by atomic mass is 19.1. The summed E-state index contributed by atoms with van der Waals surface area (Å²) in [7, 11) is 1.67. The Morgan fingerprint density at radius 3 is 2.81 bits per heavy atom. The fourth-order valence-electron chi connectivity index (χ4n) is 1.99. The van der Waals surface area contributed by atoms with Gasteiger partial charge in [0.1, 0.15) is 5.82 Å². The molecular formula is C15H18FN3O2. The van der Waals surface area contributed by atoms with Gasteiger partial charge in [-0.1, -0.05) is 23.4 Å². The Morgan fingerprint density at radius 1 is 1.38 bits per heavy atom. The molecule has 0 bridgehead atoms. The van der Waals surface area contributed by atoms with Crippen molar-refractivity contribution in [3.05, 3.63) is 47.4 Å². The Hall–Kier alpha value is -2.24. The number of nitrogens with zero attached hydrogens (tertiary/aromatic N) is 3. The second-order valence-corrected chi connectivity index (χ2v) is 4.93. The number of amides is 1. The van der Waals surface area contributed by atoms with Gasteiger partial charge in [0.2, 0.25) is 11.8 Å². The summed E-state index contributed by atoms with van der Waals surface area (Å²) in [5, 5.41) is 3.69. The predicted octanol–water partition coefficient (Wildman–Crippen LogP) is 2.50. The molecular weight excluding hydrogens is 273 g/mol. The minimum atomic E-state index is -0.293. The van der Waals surface area contributed by atoms with Gasteiger partial charge in [0, 0.05) is 32.0 Å². The fraction of sp³-hybridized carbons (Fsp3) is 0.400. The zero-order valence-electron chi connectivity index (χ0n) is 12.2. The van der Waals surface area contributed by atoms with Gasteiger partial charge in [0.25, 0.3) is 0 Å². The highest BCUT2D eigenvalue weighted by molar-refractivity contribution is 5.75. The van der Waals surface area contributed by atoms with E-state index in [1.54, 1.807) is 32.2 Å². The SMILES string of the molecule is Cc1noc(CCCC(=O)N(C)Cc2ccccc2F)n1. The molecule has 2 aromatic rings. The zero-order chi connectivity index (χ0) is 15.2. The normalized spacial score (nSPS) is 10.6. The Bertz CT molecular complexity index is 612. The largest absolute Gasteiger partial charge is 0.341 e. The van der Waals surface area contributed by atoms with Crippen LogP contribution in [0.25, 0.3) is 0 Å². The quantitative estimate of drug-likeness (QED) is 0.820. The summed E-state index contributed by atoms with van der Waals surface area (Å²) in [6.45, 7) is 2.02. The third-order valence-corrected chi connectivity index (χ3v) is 3.14. The van der Waals surface area contributed by atoms with Gasteiger partial charge in [-0.15, -0.1) is 0 Å². The van der Waals surface area contributed by atoms with Gasteiger partial charge in [-0.3, -0.25) is 4.79 Å². The van der Waals surface area contributed by atoms with Gasteiger partial charge >= 0.3 is 0 Å². The van der Waals surface area contributed by atoms with E-state index in [1.165, 1.54) is 11.0 Å². The summed E-state index contributed by atoms with van der Waals surface area (Å²) in [5.74, 6) is 0.804. The molecule has 0 N–H and O–H groups in total. The molecule has 0 radical (unpaired) electrons. The highest BCUT2D eigenvalue weighted by Crippen LogP contribution is 2.10. The molecule has 0 aliphatic rings. The van der Waals surface area contributed by atoms with Crippen LogP contribution in [0.4, 0.5) is 4.39 Å². The van der Waals surface area contributed by atoms with Crippen LogP contribution in [-0.4, -0.2) is 28.0 Å². The maximum Gasteiger partial charge on any atom is 0.226 e. The lowest BCUT2D eigenvalue weighted by atomic mass is 10.2. The van der Waals surface area contributed by atoms with Crippen LogP contribution in [0.5, 0.6) is 0 Å². The van der Waals surface area contributed by atoms with E-state index >= 15 is 0 Å². The maximum absolute atomic E-state index is 13.5. The van der Waals surface area contributed by atoms with Crippen LogP contribution in [0, 0.1) is 12.7 Å². The van der Waals surface area contributed by atoms with Crippen molar-refractivity contribution in [2.75, 3.05) is 7.05 Å². The number of rotatable bonds is 6. The van der Waals surface area contributed by atoms with Crippen molar-refractivity contribution in [2.45, 2.75) is 32.7 Å². The number of benzene rings is 1. The van der Waals surface area contributed by atoms with Crippen molar-refractivity contribution in [3.8, 4) is 0 Å². The molecule has 1 aromatic heterocycles. The van der Waals surface area contributed by atoms with Gasteiger partial charge in [0.05, 0.1) is 0 Å². The maximum atomic E-state index is 13.5. The minimum absolute atomic E-state index is 0.0329. The zero-order valence-corrected chi connectivity index (χ0v) is 12.2. The van der Waals surface area contributed by atoms with E-state index in [4.69, 9.17) is 4.52 Å². The molecule has 0 saturated carbocycles. The molecule has 0 fully saturated rings. The number of hydrogen-bond donors (Lipinski definition) is 0. The molecule has 5 nitrogen and oxygen atoms in total. The molecule has 1 amide bonds. The number of halogens is 1. The molecule has 1 heterocycles. The van der Waals surface area contributed by atoms with Crippen molar-refractivity contribution in [1.29, 1.82) is 0 Å². The second-order valence-electron chi connectivity index (χ2n) is 4.93. The lowest BCUT2D eigenvalue weighted by molar-refractivity contribution is -0.130. The first-order chi connectivity index (χ1) is 10.1. The Labute approximate surface area is 122 Å². The van der Waals surface area contributed by atoms with E-state index in [0.29, 0.717) is 36.5 Å². The summed E-state index contributed by atoms with van der Waals surface area (Å²) in [6, 6.07) is 6.47. The second kappa shape index (κ2) is 6.97. The van der Waals surface area contributed by atoms with E-state index in [0.717, 1.165) is 0 Å². The van der Waals surface area contributed by atoms with Crippen LogP contribution in [0.15, 0.2) is 28.8 Å². The lowest BCUT2D eigenvalue weighted by Crippen LogP contribution is -2.26. The number of aromatic nitrogens is 2. The molecule has 0 atom stereocenters. The highest BCUT2D eigenvalue weighted by Gasteiger charge is 2.12. The standard InChI is InChI=1S/C15H18FN3O2/c1-11-17-14(21-18-11)8-5-9-15(20)19(2)10-12-6-3-4-7-13(12)16/h3-4,6-7H,5,8-10H2,1-2H3. The van der Waals surface area contributed by atoms with E-state index in [9.17, 15) is 9.18 Å². The molecule has 21 heavy (non-hydrogen) atoms. The number of hydrogen-bond acceptors (Lipinski definition) is 4. The van der Waals surface area contributed by atoms with Crippen LogP contribution in [0.2, 0.25) is 0 Å². The van der Waals surface area contributed by atoms with Gasteiger partial charge in [0.15, 0.2) is 5.82 Å². The number of carbonyl (C=O) groups excluding carboxylic acids is 1. The molecule has 0 aliphatic carbocycles. The summed E-state index contributed by atoms with van der Waals surface area (Å²) in [5.41, 5.74) is 0.515. The van der Waals surface area contributed by atoms with Crippen molar-refractivity contribution >= 4 is 5.91 Å². The van der Waals surface area contributed by atoms with E-state index in [2.05, 4.69) is 10.1 Å². The van der Waals surface area contributed by atoms with Crippen LogP contribution < -0.4 is 0 Å². The number of aryl methyl sites for hydroxylation is 2. The summed E-state index contributed by atoms with van der Waals surface area (Å²) in [6.07, 6.45) is 1.56. The van der Waals surface area contributed by atoms with Crippen molar-refractivity contribution in [3.63, 3.8) is 0 Å². The molecule has 0 saturated heterocycles. The summed E-state index contributed by atoms with van der Waals surface area (Å²) in [4.78, 5) is 17.6. The topological polar surface area (TPSA) is 59.2 Å². The average molecular weight is 291 g/mol. The van der Waals surface area contributed by atoms with Gasteiger partial charge in [-0.05, 0) is 19.4 Å².